The Labute approximate surface area is 194 Å². The van der Waals surface area contributed by atoms with Gasteiger partial charge in [-0.05, 0) is 54.5 Å². The number of nitrogens with one attached hydrogen (secondary N) is 1. The van der Waals surface area contributed by atoms with Crippen LogP contribution in [-0.2, 0) is 4.74 Å². The number of thiocarbonyl (C=S) groups is 1. The van der Waals surface area contributed by atoms with E-state index in [0.29, 0.717) is 0 Å². The Morgan fingerprint density at radius 2 is 1.81 bits per heavy atom. The summed E-state index contributed by atoms with van der Waals surface area (Å²) >= 11 is 5.81. The van der Waals surface area contributed by atoms with E-state index in [1.807, 2.05) is 24.4 Å². The highest BCUT2D eigenvalue weighted by Crippen LogP contribution is 2.39. The highest BCUT2D eigenvalue weighted by atomic mass is 32.1. The molecule has 3 aromatic rings. The van der Waals surface area contributed by atoms with Crippen molar-refractivity contribution in [1.82, 2.24) is 24.7 Å². The zero-order valence-electron chi connectivity index (χ0n) is 18.1. The Morgan fingerprint density at radius 1 is 1.00 bits per heavy atom. The van der Waals surface area contributed by atoms with E-state index in [9.17, 15) is 0 Å². The Bertz CT molecular complexity index is 1020. The van der Waals surface area contributed by atoms with Crippen LogP contribution in [0.5, 0.6) is 0 Å². The van der Waals surface area contributed by atoms with E-state index in [2.05, 4.69) is 73.5 Å². The molecule has 0 aliphatic carbocycles. The van der Waals surface area contributed by atoms with E-state index in [-0.39, 0.29) is 12.1 Å². The fourth-order valence-corrected chi connectivity index (χ4v) is 4.98. The molecule has 2 saturated heterocycles. The predicted molar refractivity (Wildman–Crippen MR) is 130 cm³/mol. The van der Waals surface area contributed by atoms with E-state index >= 15 is 0 Å². The normalized spacial score (nSPS) is 21.6. The quantitative estimate of drug-likeness (QED) is 0.559. The second-order valence-electron chi connectivity index (χ2n) is 8.32. The fourth-order valence-electron chi connectivity index (χ4n) is 4.65. The van der Waals surface area contributed by atoms with Gasteiger partial charge in [0.15, 0.2) is 5.11 Å². The maximum atomic E-state index is 5.81. The van der Waals surface area contributed by atoms with Gasteiger partial charge in [-0.15, -0.1) is 0 Å². The van der Waals surface area contributed by atoms with Crippen molar-refractivity contribution in [3.63, 3.8) is 0 Å². The highest BCUT2D eigenvalue weighted by molar-refractivity contribution is 7.80. The van der Waals surface area contributed by atoms with E-state index < -0.39 is 0 Å². The lowest BCUT2D eigenvalue weighted by Gasteiger charge is -2.30. The topological polar surface area (TPSA) is 45.6 Å². The van der Waals surface area contributed by atoms with Crippen LogP contribution in [0.4, 0.5) is 0 Å². The molecule has 5 rings (SSSR count). The summed E-state index contributed by atoms with van der Waals surface area (Å²) in [7, 11) is 0. The van der Waals surface area contributed by atoms with Gasteiger partial charge in [-0.1, -0.05) is 24.3 Å². The summed E-state index contributed by atoms with van der Waals surface area (Å²) in [5.41, 5.74) is 3.41. The predicted octanol–water partition coefficient (Wildman–Crippen LogP) is 3.57. The van der Waals surface area contributed by atoms with E-state index in [1.165, 1.54) is 5.56 Å². The van der Waals surface area contributed by atoms with Crippen molar-refractivity contribution >= 4 is 17.3 Å². The van der Waals surface area contributed by atoms with Gasteiger partial charge in [0.05, 0.1) is 31.0 Å². The molecule has 2 fully saturated rings. The van der Waals surface area contributed by atoms with Gasteiger partial charge in [0.25, 0.3) is 0 Å². The molecule has 2 aliphatic heterocycles. The van der Waals surface area contributed by atoms with Gasteiger partial charge in [0.2, 0.25) is 0 Å². The van der Waals surface area contributed by atoms with Crippen molar-refractivity contribution in [1.29, 1.82) is 0 Å². The monoisotopic (exact) mass is 447 g/mol. The molecule has 1 N–H and O–H groups in total. The van der Waals surface area contributed by atoms with Crippen LogP contribution >= 0.6 is 12.2 Å². The third-order valence-electron chi connectivity index (χ3n) is 6.29. The zero-order chi connectivity index (χ0) is 21.8. The highest BCUT2D eigenvalue weighted by Gasteiger charge is 2.39. The largest absolute Gasteiger partial charge is 0.379 e. The summed E-state index contributed by atoms with van der Waals surface area (Å²) in [6.45, 7) is 5.68. The first kappa shape index (κ1) is 21.1. The molecule has 0 bridgehead atoms. The number of rotatable bonds is 7. The van der Waals surface area contributed by atoms with E-state index in [1.54, 1.807) is 0 Å². The lowest BCUT2D eigenvalue weighted by atomic mass is 9.99. The number of benzene rings is 1. The molecule has 2 aromatic heterocycles. The Morgan fingerprint density at radius 3 is 2.59 bits per heavy atom. The van der Waals surface area contributed by atoms with Gasteiger partial charge in [-0.3, -0.25) is 9.88 Å². The molecule has 0 amide bonds. The van der Waals surface area contributed by atoms with Crippen molar-refractivity contribution in [3.05, 3.63) is 84.4 Å². The van der Waals surface area contributed by atoms with Crippen molar-refractivity contribution in [2.75, 3.05) is 39.4 Å². The van der Waals surface area contributed by atoms with Gasteiger partial charge in [-0.2, -0.15) is 0 Å². The number of ether oxygens (including phenoxy) is 1. The number of aromatic nitrogens is 2. The van der Waals surface area contributed by atoms with Crippen LogP contribution in [0, 0.1) is 0 Å². The average Bonchev–Trinajstić information content (AvgIpc) is 3.46. The van der Waals surface area contributed by atoms with Crippen LogP contribution < -0.4 is 5.32 Å². The fraction of sp³-hybridized carbons (Fsp3) is 0.360. The van der Waals surface area contributed by atoms with E-state index in [0.717, 1.165) is 62.3 Å². The first-order valence-electron chi connectivity index (χ1n) is 11.3. The molecule has 32 heavy (non-hydrogen) atoms. The number of nitrogens with zero attached hydrogens (tertiary/aromatic N) is 4. The average molecular weight is 448 g/mol. The van der Waals surface area contributed by atoms with Crippen molar-refractivity contribution in [2.24, 2.45) is 0 Å². The minimum atomic E-state index is 0.0266. The Kier molecular flexibility index (Phi) is 6.48. The number of morpholine rings is 1. The summed E-state index contributed by atoms with van der Waals surface area (Å²) in [6.07, 6.45) is 7.27. The summed E-state index contributed by atoms with van der Waals surface area (Å²) in [5.74, 6) is 0. The maximum absolute atomic E-state index is 5.81. The minimum Gasteiger partial charge on any atom is -0.379 e. The Balaban J connectivity index is 1.39. The first-order valence-corrected chi connectivity index (χ1v) is 11.7. The van der Waals surface area contributed by atoms with Crippen molar-refractivity contribution < 1.29 is 4.74 Å². The van der Waals surface area contributed by atoms with Gasteiger partial charge >= 0.3 is 0 Å². The van der Waals surface area contributed by atoms with E-state index in [4.69, 9.17) is 17.0 Å². The van der Waals surface area contributed by atoms with Crippen molar-refractivity contribution in [2.45, 2.75) is 18.5 Å². The van der Waals surface area contributed by atoms with Crippen LogP contribution in [0.25, 0.3) is 5.69 Å². The summed E-state index contributed by atoms with van der Waals surface area (Å²) in [4.78, 5) is 9.47. The van der Waals surface area contributed by atoms with Crippen LogP contribution in [0.2, 0.25) is 0 Å². The molecular weight excluding hydrogens is 418 g/mol. The van der Waals surface area contributed by atoms with Gasteiger partial charge in [-0.25, -0.2) is 0 Å². The smallest absolute Gasteiger partial charge is 0.170 e. The Hall–Kier alpha value is -2.74. The molecule has 0 saturated carbocycles. The lowest BCUT2D eigenvalue weighted by Crippen LogP contribution is -2.38. The SMILES string of the molecule is S=C1N[C@H](c2ccccn2)[C@@H](c2ccn(-c3ccccc3)c2)N1CCCN1CCOCC1. The second-order valence-corrected chi connectivity index (χ2v) is 8.70. The molecule has 1 aromatic carbocycles. The minimum absolute atomic E-state index is 0.0266. The molecule has 0 spiro atoms. The second kappa shape index (κ2) is 9.81. The summed E-state index contributed by atoms with van der Waals surface area (Å²) in [6, 6.07) is 18.8. The number of hydrogen-bond donors (Lipinski definition) is 1. The van der Waals surface area contributed by atoms with Gasteiger partial charge in [0, 0.05) is 50.5 Å². The lowest BCUT2D eigenvalue weighted by molar-refractivity contribution is 0.0365. The number of pyridine rings is 1. The third-order valence-corrected chi connectivity index (χ3v) is 6.64. The van der Waals surface area contributed by atoms with Crippen molar-refractivity contribution in [3.8, 4) is 5.69 Å². The third kappa shape index (κ3) is 4.55. The van der Waals surface area contributed by atoms with Crippen LogP contribution in [0.3, 0.4) is 0 Å². The molecule has 0 radical (unpaired) electrons. The molecule has 2 aliphatic rings. The molecule has 0 unspecified atom stereocenters. The first-order chi connectivity index (χ1) is 15.8. The summed E-state index contributed by atoms with van der Waals surface area (Å²) < 4.78 is 7.66. The van der Waals surface area contributed by atoms with Crippen LogP contribution in [0.15, 0.2) is 73.2 Å². The molecule has 6 nitrogen and oxygen atoms in total. The van der Waals surface area contributed by atoms with Gasteiger partial charge < -0.3 is 19.5 Å². The molecule has 2 atom stereocenters. The molecule has 7 heteroatoms. The maximum Gasteiger partial charge on any atom is 0.170 e. The van der Waals surface area contributed by atoms with Crippen LogP contribution in [-0.4, -0.2) is 63.9 Å². The van der Waals surface area contributed by atoms with Gasteiger partial charge in [0.1, 0.15) is 0 Å². The summed E-state index contributed by atoms with van der Waals surface area (Å²) in [5, 5.41) is 4.36. The molecular formula is C25H29N5OS. The number of para-hydroxylation sites is 1. The zero-order valence-corrected chi connectivity index (χ0v) is 19.0. The standard InChI is InChI=1S/C25H29N5OS/c32-25-27-23(22-9-4-5-11-26-22)24(30(25)13-6-12-28-15-17-31-18-16-28)20-10-14-29(19-20)21-7-2-1-3-8-21/h1-5,7-11,14,19,23-24H,6,12-13,15-18H2,(H,27,32)/t23-,24-/m1/s1. The van der Waals surface area contributed by atoms with Crippen LogP contribution in [0.1, 0.15) is 29.8 Å². The molecule has 166 valence electrons. The molecule has 4 heterocycles. The number of hydrogen-bond acceptors (Lipinski definition) is 4.